The van der Waals surface area contributed by atoms with E-state index in [0.29, 0.717) is 0 Å². The van der Waals surface area contributed by atoms with Crippen molar-refractivity contribution in [3.05, 3.63) is 23.9 Å². The summed E-state index contributed by atoms with van der Waals surface area (Å²) in [5.41, 5.74) is 1.33. The van der Waals surface area contributed by atoms with Crippen LogP contribution in [0.1, 0.15) is 25.8 Å². The van der Waals surface area contributed by atoms with Crippen molar-refractivity contribution >= 4 is 17.6 Å². The highest BCUT2D eigenvalue weighted by atomic mass is 32.2. The van der Waals surface area contributed by atoms with Gasteiger partial charge in [-0.15, -0.1) is 0 Å². The minimum atomic E-state index is 0.762. The number of nitrogens with zero attached hydrogens (tertiary/aromatic N) is 2. The largest absolute Gasteiger partial charge is 0.355 e. The van der Waals surface area contributed by atoms with Crippen LogP contribution in [0, 0.1) is 0 Å². The molecule has 2 heterocycles. The number of hydrogen-bond donors (Lipinski definition) is 1. The fourth-order valence-corrected chi connectivity index (χ4v) is 3.37. The van der Waals surface area contributed by atoms with Gasteiger partial charge in [-0.2, -0.15) is 11.8 Å². The Morgan fingerprint density at radius 1 is 1.50 bits per heavy atom. The number of pyridine rings is 1. The average Bonchev–Trinajstić information content (AvgIpc) is 2.45. The summed E-state index contributed by atoms with van der Waals surface area (Å²) in [5.74, 6) is 2.36. The number of thioether (sulfide) groups is 1. The van der Waals surface area contributed by atoms with E-state index in [1.54, 1.807) is 0 Å². The van der Waals surface area contributed by atoms with E-state index in [9.17, 15) is 0 Å². The highest BCUT2D eigenvalue weighted by Crippen LogP contribution is 2.24. The van der Waals surface area contributed by atoms with Crippen LogP contribution in [0.2, 0.25) is 0 Å². The second-order valence-corrected chi connectivity index (χ2v) is 6.06. The fourth-order valence-electron chi connectivity index (χ4n) is 2.19. The Labute approximate surface area is 114 Å². The summed E-state index contributed by atoms with van der Waals surface area (Å²) in [6.07, 6.45) is 3.18. The fraction of sp³-hybridized carbons (Fsp3) is 0.643. The van der Waals surface area contributed by atoms with Crippen molar-refractivity contribution in [2.24, 2.45) is 0 Å². The molecule has 0 saturated carbocycles. The minimum absolute atomic E-state index is 0.762. The minimum Gasteiger partial charge on any atom is -0.355 e. The van der Waals surface area contributed by atoms with Gasteiger partial charge >= 0.3 is 0 Å². The zero-order valence-electron chi connectivity index (χ0n) is 11.4. The standard InChI is InChI=1S/C14H23N3S/c1-3-13-11-17(7-8-18-13)14-9-12(5-6-16-14)10-15-4-2/h5-6,9,13,15H,3-4,7-8,10-11H2,1-2H3. The van der Waals surface area contributed by atoms with Gasteiger partial charge in [-0.3, -0.25) is 0 Å². The van der Waals surface area contributed by atoms with Crippen LogP contribution in [0.25, 0.3) is 0 Å². The quantitative estimate of drug-likeness (QED) is 0.885. The van der Waals surface area contributed by atoms with Crippen molar-refractivity contribution < 1.29 is 0 Å². The third-order valence-electron chi connectivity index (χ3n) is 3.31. The molecule has 1 aromatic heterocycles. The SMILES string of the molecule is CCNCc1ccnc(N2CCSC(CC)C2)c1. The maximum absolute atomic E-state index is 4.53. The van der Waals surface area contributed by atoms with Crippen molar-refractivity contribution in [2.75, 3.05) is 30.3 Å². The normalized spacial score (nSPS) is 20.1. The molecule has 0 aromatic carbocycles. The molecule has 1 aliphatic heterocycles. The van der Waals surface area contributed by atoms with Crippen LogP contribution in [-0.4, -0.2) is 35.6 Å². The molecule has 100 valence electrons. The summed E-state index contributed by atoms with van der Waals surface area (Å²) in [4.78, 5) is 6.96. The molecule has 0 spiro atoms. The van der Waals surface area contributed by atoms with Gasteiger partial charge in [0.05, 0.1) is 0 Å². The Morgan fingerprint density at radius 2 is 2.39 bits per heavy atom. The van der Waals surface area contributed by atoms with Gasteiger partial charge in [0.1, 0.15) is 5.82 Å². The van der Waals surface area contributed by atoms with Gasteiger partial charge in [-0.1, -0.05) is 13.8 Å². The average molecular weight is 265 g/mol. The molecule has 1 unspecified atom stereocenters. The molecule has 1 aromatic rings. The van der Waals surface area contributed by atoms with E-state index in [2.05, 4.69) is 52.9 Å². The van der Waals surface area contributed by atoms with Crippen LogP contribution in [0.15, 0.2) is 18.3 Å². The van der Waals surface area contributed by atoms with E-state index in [4.69, 9.17) is 0 Å². The molecule has 1 aliphatic rings. The molecule has 1 fully saturated rings. The van der Waals surface area contributed by atoms with Crippen LogP contribution >= 0.6 is 11.8 Å². The monoisotopic (exact) mass is 265 g/mol. The number of anilines is 1. The van der Waals surface area contributed by atoms with E-state index in [-0.39, 0.29) is 0 Å². The van der Waals surface area contributed by atoms with E-state index in [0.717, 1.165) is 37.2 Å². The topological polar surface area (TPSA) is 28.2 Å². The molecule has 0 amide bonds. The Balaban J connectivity index is 2.02. The first-order chi connectivity index (χ1) is 8.83. The van der Waals surface area contributed by atoms with Gasteiger partial charge < -0.3 is 10.2 Å². The summed E-state index contributed by atoms with van der Waals surface area (Å²) in [5, 5.41) is 4.13. The van der Waals surface area contributed by atoms with E-state index in [1.807, 2.05) is 6.20 Å². The summed E-state index contributed by atoms with van der Waals surface area (Å²) < 4.78 is 0. The molecule has 4 heteroatoms. The lowest BCUT2D eigenvalue weighted by Crippen LogP contribution is -2.38. The number of rotatable bonds is 5. The molecule has 0 aliphatic carbocycles. The third kappa shape index (κ3) is 3.62. The Kier molecular flexibility index (Phi) is 5.32. The lowest BCUT2D eigenvalue weighted by molar-refractivity contribution is 0.710. The maximum Gasteiger partial charge on any atom is 0.128 e. The van der Waals surface area contributed by atoms with Gasteiger partial charge in [-0.25, -0.2) is 4.98 Å². The summed E-state index contributed by atoms with van der Waals surface area (Å²) in [6.45, 7) is 8.62. The van der Waals surface area contributed by atoms with Gasteiger partial charge in [0.2, 0.25) is 0 Å². The number of hydrogen-bond acceptors (Lipinski definition) is 4. The van der Waals surface area contributed by atoms with Crippen molar-refractivity contribution in [3.63, 3.8) is 0 Å². The van der Waals surface area contributed by atoms with Crippen molar-refractivity contribution in [2.45, 2.75) is 32.1 Å². The van der Waals surface area contributed by atoms with Crippen molar-refractivity contribution in [1.29, 1.82) is 0 Å². The number of nitrogens with one attached hydrogen (secondary N) is 1. The first-order valence-corrected chi connectivity index (χ1v) is 7.90. The van der Waals surface area contributed by atoms with Crippen LogP contribution in [0.4, 0.5) is 5.82 Å². The van der Waals surface area contributed by atoms with Gasteiger partial charge in [0.15, 0.2) is 0 Å². The number of aromatic nitrogens is 1. The van der Waals surface area contributed by atoms with E-state index in [1.165, 1.54) is 17.7 Å². The summed E-state index contributed by atoms with van der Waals surface area (Å²) >= 11 is 2.10. The molecular formula is C14H23N3S. The molecule has 1 atom stereocenters. The molecule has 1 N–H and O–H groups in total. The Hall–Kier alpha value is -0.740. The smallest absolute Gasteiger partial charge is 0.128 e. The first kappa shape index (κ1) is 13.7. The second kappa shape index (κ2) is 7.00. The lowest BCUT2D eigenvalue weighted by atomic mass is 10.2. The van der Waals surface area contributed by atoms with E-state index < -0.39 is 0 Å². The molecule has 2 rings (SSSR count). The van der Waals surface area contributed by atoms with Gasteiger partial charge in [0.25, 0.3) is 0 Å². The Morgan fingerprint density at radius 3 is 3.17 bits per heavy atom. The third-order valence-corrected chi connectivity index (χ3v) is 4.68. The highest BCUT2D eigenvalue weighted by molar-refractivity contribution is 8.00. The zero-order valence-corrected chi connectivity index (χ0v) is 12.2. The van der Waals surface area contributed by atoms with Crippen LogP contribution < -0.4 is 10.2 Å². The molecular weight excluding hydrogens is 242 g/mol. The molecule has 3 nitrogen and oxygen atoms in total. The summed E-state index contributed by atoms with van der Waals surface area (Å²) in [7, 11) is 0. The molecule has 0 radical (unpaired) electrons. The van der Waals surface area contributed by atoms with Gasteiger partial charge in [-0.05, 0) is 30.7 Å². The molecule has 1 saturated heterocycles. The van der Waals surface area contributed by atoms with Crippen molar-refractivity contribution in [3.8, 4) is 0 Å². The predicted octanol–water partition coefficient (Wildman–Crippen LogP) is 2.52. The maximum atomic E-state index is 4.53. The molecule has 18 heavy (non-hydrogen) atoms. The van der Waals surface area contributed by atoms with E-state index >= 15 is 0 Å². The van der Waals surface area contributed by atoms with Crippen LogP contribution in [0.3, 0.4) is 0 Å². The van der Waals surface area contributed by atoms with Gasteiger partial charge in [0, 0.05) is 36.8 Å². The zero-order chi connectivity index (χ0) is 12.8. The lowest BCUT2D eigenvalue weighted by Gasteiger charge is -2.33. The van der Waals surface area contributed by atoms with Crippen LogP contribution in [-0.2, 0) is 6.54 Å². The predicted molar refractivity (Wildman–Crippen MR) is 80.4 cm³/mol. The van der Waals surface area contributed by atoms with Crippen LogP contribution in [0.5, 0.6) is 0 Å². The Bertz CT molecular complexity index is 370. The first-order valence-electron chi connectivity index (χ1n) is 6.85. The highest BCUT2D eigenvalue weighted by Gasteiger charge is 2.19. The van der Waals surface area contributed by atoms with Crippen molar-refractivity contribution in [1.82, 2.24) is 10.3 Å². The second-order valence-electron chi connectivity index (χ2n) is 4.65. The summed E-state index contributed by atoms with van der Waals surface area (Å²) in [6, 6.07) is 4.33. The molecule has 0 bridgehead atoms.